The molecule has 0 bridgehead atoms. The van der Waals surface area contributed by atoms with E-state index in [1.807, 2.05) is 54.6 Å². The molecule has 1 fully saturated rings. The summed E-state index contributed by atoms with van der Waals surface area (Å²) in [6.07, 6.45) is 5.13. The summed E-state index contributed by atoms with van der Waals surface area (Å²) in [7, 11) is 0. The van der Waals surface area contributed by atoms with Crippen LogP contribution in [-0.4, -0.2) is 21.4 Å². The van der Waals surface area contributed by atoms with Crippen molar-refractivity contribution in [2.45, 2.75) is 32.7 Å². The zero-order valence-corrected chi connectivity index (χ0v) is 22.0. The van der Waals surface area contributed by atoms with E-state index in [-0.39, 0.29) is 5.91 Å². The van der Waals surface area contributed by atoms with Gasteiger partial charge >= 0.3 is 0 Å². The summed E-state index contributed by atoms with van der Waals surface area (Å²) < 4.78 is 8.98. The molecule has 3 aromatic carbocycles. The first-order valence-electron chi connectivity index (χ1n) is 12.2. The van der Waals surface area contributed by atoms with Crippen LogP contribution in [0.15, 0.2) is 90.0 Å². The van der Waals surface area contributed by atoms with E-state index < -0.39 is 0 Å². The van der Waals surface area contributed by atoms with E-state index in [4.69, 9.17) is 17.0 Å². The number of hydrogen-bond donors (Lipinski definition) is 0. The van der Waals surface area contributed by atoms with E-state index in [0.29, 0.717) is 28.3 Å². The van der Waals surface area contributed by atoms with E-state index in [2.05, 4.69) is 54.9 Å². The van der Waals surface area contributed by atoms with Crippen molar-refractivity contribution >= 4 is 56.9 Å². The quantitative estimate of drug-likeness (QED) is 0.179. The molecule has 4 nitrogen and oxygen atoms in total. The Hall–Kier alpha value is -3.35. The molecule has 1 atom stereocenters. The Bertz CT molecular complexity index is 1440. The summed E-state index contributed by atoms with van der Waals surface area (Å²) in [5, 5.41) is 1.10. The van der Waals surface area contributed by atoms with Gasteiger partial charge in [0.25, 0.3) is 5.91 Å². The van der Waals surface area contributed by atoms with Crippen LogP contribution in [0.2, 0.25) is 0 Å². The summed E-state index contributed by atoms with van der Waals surface area (Å²) in [4.78, 5) is 15.5. The van der Waals surface area contributed by atoms with E-state index in [1.54, 1.807) is 4.90 Å². The largest absolute Gasteiger partial charge is 0.491 e. The zero-order chi connectivity index (χ0) is 25.1. The first-order valence-corrected chi connectivity index (χ1v) is 13.4. The van der Waals surface area contributed by atoms with Gasteiger partial charge in [-0.05, 0) is 48.2 Å². The Morgan fingerprint density at radius 2 is 1.72 bits per heavy atom. The highest BCUT2D eigenvalue weighted by atomic mass is 32.2. The molecular formula is C30H28N2O2S2. The van der Waals surface area contributed by atoms with E-state index in [1.165, 1.54) is 17.3 Å². The molecular weight excluding hydrogens is 484 g/mol. The van der Waals surface area contributed by atoms with Crippen molar-refractivity contribution in [1.29, 1.82) is 0 Å². The second-order valence-corrected chi connectivity index (χ2v) is 10.5. The van der Waals surface area contributed by atoms with Crippen LogP contribution in [0.1, 0.15) is 37.3 Å². The molecule has 1 unspecified atom stereocenters. The fourth-order valence-corrected chi connectivity index (χ4v) is 5.77. The number of ether oxygens (including phenoxy) is 1. The van der Waals surface area contributed by atoms with Crippen LogP contribution in [0.3, 0.4) is 0 Å². The van der Waals surface area contributed by atoms with Crippen LogP contribution in [0.5, 0.6) is 5.75 Å². The number of hydrogen-bond acceptors (Lipinski definition) is 4. The summed E-state index contributed by atoms with van der Waals surface area (Å²) in [5.74, 6) is 1.32. The highest BCUT2D eigenvalue weighted by Gasteiger charge is 2.33. The monoisotopic (exact) mass is 512 g/mol. The normalized spacial score (nSPS) is 15.7. The number of carbonyl (C=O) groups excluding carboxylic acids is 1. The van der Waals surface area contributed by atoms with E-state index in [0.717, 1.165) is 34.3 Å². The maximum atomic E-state index is 13.2. The molecule has 1 amide bonds. The average molecular weight is 513 g/mol. The van der Waals surface area contributed by atoms with E-state index in [9.17, 15) is 4.79 Å². The number of amides is 1. The third kappa shape index (κ3) is 4.84. The highest BCUT2D eigenvalue weighted by Crippen LogP contribution is 2.37. The minimum atomic E-state index is -0.0852. The SMILES string of the molecule is CCC(C)c1ccccc1OCCn1cc(/C=C2/SC(=S)N(c3ccccc3)C2=O)c2ccccc21. The van der Waals surface area contributed by atoms with Gasteiger partial charge in [0, 0.05) is 22.7 Å². The number of thioether (sulfide) groups is 1. The standard InChI is InChI=1S/C30H28N2O2S2/c1-3-21(2)24-13-8-10-16-27(24)34-18-17-31-20-22(25-14-7-9-15-26(25)31)19-28-29(33)32(30(35)36-28)23-11-5-4-6-12-23/h4-16,19-21H,3,17-18H2,1-2H3/b28-19+. The molecule has 2 heterocycles. The smallest absolute Gasteiger partial charge is 0.270 e. The lowest BCUT2D eigenvalue weighted by molar-refractivity contribution is -0.113. The van der Waals surface area contributed by atoms with Crippen molar-refractivity contribution in [1.82, 2.24) is 4.57 Å². The summed E-state index contributed by atoms with van der Waals surface area (Å²) in [5.41, 5.74) is 4.15. The molecule has 36 heavy (non-hydrogen) atoms. The van der Waals surface area contributed by atoms with Crippen LogP contribution < -0.4 is 9.64 Å². The van der Waals surface area contributed by atoms with E-state index >= 15 is 0 Å². The molecule has 4 aromatic rings. The molecule has 0 N–H and O–H groups in total. The molecule has 1 aliphatic heterocycles. The van der Waals surface area contributed by atoms with Crippen molar-refractivity contribution < 1.29 is 9.53 Å². The summed E-state index contributed by atoms with van der Waals surface area (Å²) in [6.45, 7) is 5.69. The van der Waals surface area contributed by atoms with Gasteiger partial charge in [-0.1, -0.05) is 92.4 Å². The van der Waals surface area contributed by atoms with Crippen molar-refractivity contribution in [2.24, 2.45) is 0 Å². The first kappa shape index (κ1) is 24.3. The molecule has 0 aliphatic carbocycles. The minimum absolute atomic E-state index is 0.0852. The molecule has 1 saturated heterocycles. The van der Waals surface area contributed by atoms with Crippen LogP contribution in [-0.2, 0) is 11.3 Å². The number of rotatable bonds is 8. The molecule has 0 spiro atoms. The number of nitrogens with zero attached hydrogens (tertiary/aromatic N) is 2. The predicted molar refractivity (Wildman–Crippen MR) is 155 cm³/mol. The van der Waals surface area contributed by atoms with Crippen LogP contribution in [0, 0.1) is 0 Å². The van der Waals surface area contributed by atoms with Gasteiger partial charge in [0.2, 0.25) is 0 Å². The number of anilines is 1. The van der Waals surface area contributed by atoms with Gasteiger partial charge in [0.1, 0.15) is 12.4 Å². The van der Waals surface area contributed by atoms with Crippen molar-refractivity contribution in [3.63, 3.8) is 0 Å². The molecule has 1 aromatic heterocycles. The van der Waals surface area contributed by atoms with Crippen molar-refractivity contribution in [2.75, 3.05) is 11.5 Å². The molecule has 0 saturated carbocycles. The van der Waals surface area contributed by atoms with Crippen molar-refractivity contribution in [3.05, 3.63) is 101 Å². The van der Waals surface area contributed by atoms with Gasteiger partial charge < -0.3 is 9.30 Å². The zero-order valence-electron chi connectivity index (χ0n) is 20.4. The minimum Gasteiger partial charge on any atom is -0.491 e. The summed E-state index contributed by atoms with van der Waals surface area (Å²) in [6, 6.07) is 26.1. The van der Waals surface area contributed by atoms with Crippen LogP contribution in [0.4, 0.5) is 5.69 Å². The fraction of sp³-hybridized carbons (Fsp3) is 0.200. The highest BCUT2D eigenvalue weighted by molar-refractivity contribution is 8.27. The Balaban J connectivity index is 1.38. The lowest BCUT2D eigenvalue weighted by atomic mass is 9.98. The van der Waals surface area contributed by atoms with Gasteiger partial charge in [0.15, 0.2) is 4.32 Å². The number of aromatic nitrogens is 1. The molecule has 6 heteroatoms. The number of fused-ring (bicyclic) bond motifs is 1. The number of benzene rings is 3. The maximum absolute atomic E-state index is 13.2. The second-order valence-electron chi connectivity index (χ2n) is 8.84. The van der Waals surface area contributed by atoms with Gasteiger partial charge in [-0.15, -0.1) is 0 Å². The Labute approximate surface area is 221 Å². The molecule has 0 radical (unpaired) electrons. The lowest BCUT2D eigenvalue weighted by Crippen LogP contribution is -2.27. The van der Waals surface area contributed by atoms with Crippen LogP contribution in [0.25, 0.3) is 17.0 Å². The predicted octanol–water partition coefficient (Wildman–Crippen LogP) is 7.64. The molecule has 1 aliphatic rings. The fourth-order valence-electron chi connectivity index (χ4n) is 4.48. The van der Waals surface area contributed by atoms with Crippen LogP contribution >= 0.6 is 24.0 Å². The van der Waals surface area contributed by atoms with Gasteiger partial charge in [-0.25, -0.2) is 0 Å². The Morgan fingerprint density at radius 3 is 2.53 bits per heavy atom. The first-order chi connectivity index (χ1) is 17.6. The second kappa shape index (κ2) is 10.7. The topological polar surface area (TPSA) is 34.5 Å². The Kier molecular flexibility index (Phi) is 7.25. The third-order valence-corrected chi connectivity index (χ3v) is 7.87. The average Bonchev–Trinajstić information content (AvgIpc) is 3.40. The van der Waals surface area contributed by atoms with Gasteiger partial charge in [0.05, 0.1) is 17.1 Å². The number of thiocarbonyl (C=S) groups is 1. The maximum Gasteiger partial charge on any atom is 0.270 e. The van der Waals surface area contributed by atoms with Gasteiger partial charge in [-0.3, -0.25) is 9.69 Å². The number of para-hydroxylation sites is 3. The lowest BCUT2D eigenvalue weighted by Gasteiger charge is -2.16. The van der Waals surface area contributed by atoms with Gasteiger partial charge in [-0.2, -0.15) is 0 Å². The molecule has 5 rings (SSSR count). The Morgan fingerprint density at radius 1 is 1.00 bits per heavy atom. The number of carbonyl (C=O) groups is 1. The third-order valence-electron chi connectivity index (χ3n) is 6.57. The van der Waals surface area contributed by atoms with Crippen molar-refractivity contribution in [3.8, 4) is 5.75 Å². The summed E-state index contributed by atoms with van der Waals surface area (Å²) >= 11 is 6.89. The molecule has 182 valence electrons.